The Bertz CT molecular complexity index is 864. The van der Waals surface area contributed by atoms with Gasteiger partial charge in [-0.2, -0.15) is 0 Å². The van der Waals surface area contributed by atoms with Crippen LogP contribution in [0.3, 0.4) is 0 Å². The summed E-state index contributed by atoms with van der Waals surface area (Å²) in [7, 11) is 0. The van der Waals surface area contributed by atoms with Gasteiger partial charge in [-0.25, -0.2) is 4.79 Å². The fourth-order valence-electron chi connectivity index (χ4n) is 3.05. The molecular weight excluding hydrogens is 392 g/mol. The minimum Gasteiger partial charge on any atom is -0.494 e. The smallest absolute Gasteiger partial charge is 0.340 e. The number of carbonyl (C=O) groups is 1. The maximum Gasteiger partial charge on any atom is 0.340 e. The number of anilines is 1. The van der Waals surface area contributed by atoms with Crippen molar-refractivity contribution in [1.82, 2.24) is 0 Å². The van der Waals surface area contributed by atoms with Gasteiger partial charge >= 0.3 is 5.97 Å². The molecule has 1 fully saturated rings. The minimum atomic E-state index is -0.629. The van der Waals surface area contributed by atoms with E-state index in [2.05, 4.69) is 0 Å². The summed E-state index contributed by atoms with van der Waals surface area (Å²) >= 11 is 0. The number of morpholine rings is 1. The minimum absolute atomic E-state index is 0.0112. The molecule has 0 radical (unpaired) electrons. The summed E-state index contributed by atoms with van der Waals surface area (Å²) in [5.41, 5.74) is 0.595. The number of hydrogen-bond donors (Lipinski definition) is 0. The van der Waals surface area contributed by atoms with Crippen molar-refractivity contribution in [1.29, 1.82) is 0 Å². The van der Waals surface area contributed by atoms with Crippen LogP contribution in [0.5, 0.6) is 11.5 Å². The van der Waals surface area contributed by atoms with Crippen molar-refractivity contribution in [3.8, 4) is 11.5 Å². The Labute approximate surface area is 174 Å². The predicted molar refractivity (Wildman–Crippen MR) is 110 cm³/mol. The Morgan fingerprint density at radius 2 is 1.73 bits per heavy atom. The number of nitro groups is 1. The van der Waals surface area contributed by atoms with E-state index < -0.39 is 10.9 Å². The van der Waals surface area contributed by atoms with Gasteiger partial charge in [0.15, 0.2) is 0 Å². The number of non-ortho nitro benzene ring substituents is 1. The largest absolute Gasteiger partial charge is 0.494 e. The number of nitrogens with zero attached hydrogens (tertiary/aromatic N) is 2. The summed E-state index contributed by atoms with van der Waals surface area (Å²) in [5, 5.41) is 11.1. The molecule has 1 heterocycles. The van der Waals surface area contributed by atoms with Crippen LogP contribution >= 0.6 is 0 Å². The summed E-state index contributed by atoms with van der Waals surface area (Å²) in [6, 6.07) is 11.3. The predicted octanol–water partition coefficient (Wildman–Crippen LogP) is 3.07. The molecule has 30 heavy (non-hydrogen) atoms. The van der Waals surface area contributed by atoms with Crippen molar-refractivity contribution < 1.29 is 28.7 Å². The molecule has 0 bridgehead atoms. The lowest BCUT2D eigenvalue weighted by Gasteiger charge is -2.30. The Balaban J connectivity index is 1.60. The van der Waals surface area contributed by atoms with Gasteiger partial charge < -0.3 is 23.8 Å². The first kappa shape index (κ1) is 21.4. The van der Waals surface area contributed by atoms with E-state index in [0.717, 1.165) is 5.75 Å². The van der Waals surface area contributed by atoms with Crippen LogP contribution in [0.15, 0.2) is 42.5 Å². The fraction of sp³-hybridized carbons (Fsp3) is 0.381. The number of esters is 1. The zero-order chi connectivity index (χ0) is 21.3. The van der Waals surface area contributed by atoms with Crippen LogP contribution in [0, 0.1) is 10.1 Å². The number of ether oxygens (including phenoxy) is 4. The van der Waals surface area contributed by atoms with E-state index in [9.17, 15) is 14.9 Å². The average molecular weight is 416 g/mol. The number of carbonyl (C=O) groups excluding carboxylic acids is 1. The van der Waals surface area contributed by atoms with Gasteiger partial charge in [-0.3, -0.25) is 10.1 Å². The van der Waals surface area contributed by atoms with Crippen molar-refractivity contribution in [3.63, 3.8) is 0 Å². The molecule has 0 aromatic heterocycles. The first-order valence-electron chi connectivity index (χ1n) is 9.72. The average Bonchev–Trinajstić information content (AvgIpc) is 2.78. The summed E-state index contributed by atoms with van der Waals surface area (Å²) in [4.78, 5) is 25.2. The van der Waals surface area contributed by atoms with Gasteiger partial charge in [-0.15, -0.1) is 0 Å². The summed E-state index contributed by atoms with van der Waals surface area (Å²) in [6.07, 6.45) is 0. The normalized spacial score (nSPS) is 13.6. The van der Waals surface area contributed by atoms with Gasteiger partial charge in [0.1, 0.15) is 24.7 Å². The zero-order valence-electron chi connectivity index (χ0n) is 16.7. The molecule has 0 atom stereocenters. The molecule has 1 aliphatic rings. The SMILES string of the molecule is CCOc1ccc(OCCOC(=O)c2cc([N+](=O)[O-])ccc2N2CCOCC2)cc1. The van der Waals surface area contributed by atoms with Gasteiger partial charge in [-0.05, 0) is 37.3 Å². The highest BCUT2D eigenvalue weighted by molar-refractivity contribution is 5.96. The molecule has 0 saturated carbocycles. The molecule has 0 spiro atoms. The molecule has 2 aromatic carbocycles. The summed E-state index contributed by atoms with van der Waals surface area (Å²) in [5.74, 6) is 0.743. The Morgan fingerprint density at radius 3 is 2.37 bits per heavy atom. The van der Waals surface area contributed by atoms with E-state index in [1.54, 1.807) is 30.3 Å². The van der Waals surface area contributed by atoms with Crippen molar-refractivity contribution in [2.75, 3.05) is 51.0 Å². The second-order valence-corrected chi connectivity index (χ2v) is 6.45. The van der Waals surface area contributed by atoms with Crippen LogP contribution < -0.4 is 14.4 Å². The summed E-state index contributed by atoms with van der Waals surface area (Å²) < 4.78 is 21.6. The van der Waals surface area contributed by atoms with Gasteiger partial charge in [0.25, 0.3) is 5.69 Å². The van der Waals surface area contributed by atoms with E-state index >= 15 is 0 Å². The molecular formula is C21H24N2O7. The number of rotatable bonds is 9. The molecule has 0 unspecified atom stereocenters. The molecule has 9 nitrogen and oxygen atoms in total. The van der Waals surface area contributed by atoms with E-state index in [0.29, 0.717) is 44.3 Å². The maximum atomic E-state index is 12.6. The molecule has 0 N–H and O–H groups in total. The van der Waals surface area contributed by atoms with Crippen LogP contribution in [-0.4, -0.2) is 57.0 Å². The molecule has 1 saturated heterocycles. The van der Waals surface area contributed by atoms with Gasteiger partial charge in [0.2, 0.25) is 0 Å². The fourth-order valence-corrected chi connectivity index (χ4v) is 3.05. The number of hydrogen-bond acceptors (Lipinski definition) is 8. The van der Waals surface area contributed by atoms with Gasteiger partial charge in [0.05, 0.1) is 36.0 Å². The van der Waals surface area contributed by atoms with Crippen molar-refractivity contribution in [3.05, 3.63) is 58.1 Å². The van der Waals surface area contributed by atoms with E-state index in [1.165, 1.54) is 12.1 Å². The molecule has 1 aliphatic heterocycles. The van der Waals surface area contributed by atoms with E-state index in [-0.39, 0.29) is 24.5 Å². The standard InChI is InChI=1S/C21H24N2O7/c1-2-28-17-4-6-18(7-5-17)29-13-14-30-21(24)19-15-16(23(25)26)3-8-20(19)22-9-11-27-12-10-22/h3-8,15H,2,9-14H2,1H3. The topological polar surface area (TPSA) is 100 Å². The third-order valence-electron chi connectivity index (χ3n) is 4.48. The quantitative estimate of drug-likeness (QED) is 0.266. The third-order valence-corrected chi connectivity index (χ3v) is 4.48. The Hall–Kier alpha value is -3.33. The lowest BCUT2D eigenvalue weighted by Crippen LogP contribution is -2.37. The summed E-state index contributed by atoms with van der Waals surface area (Å²) in [6.45, 7) is 4.91. The van der Waals surface area contributed by atoms with Gasteiger partial charge in [-0.1, -0.05) is 0 Å². The second kappa shape index (κ2) is 10.4. The molecule has 9 heteroatoms. The Kier molecular flexibility index (Phi) is 7.45. The van der Waals surface area contributed by atoms with E-state index in [4.69, 9.17) is 18.9 Å². The molecule has 0 amide bonds. The van der Waals surface area contributed by atoms with Crippen LogP contribution in [0.1, 0.15) is 17.3 Å². The lowest BCUT2D eigenvalue weighted by atomic mass is 10.1. The zero-order valence-corrected chi connectivity index (χ0v) is 16.7. The van der Waals surface area contributed by atoms with Crippen molar-refractivity contribution in [2.45, 2.75) is 6.92 Å². The van der Waals surface area contributed by atoms with Crippen LogP contribution in [0.4, 0.5) is 11.4 Å². The van der Waals surface area contributed by atoms with Crippen molar-refractivity contribution in [2.24, 2.45) is 0 Å². The third kappa shape index (κ3) is 5.60. The van der Waals surface area contributed by atoms with Crippen molar-refractivity contribution >= 4 is 17.3 Å². The first-order valence-corrected chi connectivity index (χ1v) is 9.72. The molecule has 2 aromatic rings. The van der Waals surface area contributed by atoms with E-state index in [1.807, 2.05) is 11.8 Å². The highest BCUT2D eigenvalue weighted by Gasteiger charge is 2.23. The highest BCUT2D eigenvalue weighted by Crippen LogP contribution is 2.27. The van der Waals surface area contributed by atoms with Crippen LogP contribution in [0.2, 0.25) is 0 Å². The molecule has 3 rings (SSSR count). The van der Waals surface area contributed by atoms with Crippen LogP contribution in [0.25, 0.3) is 0 Å². The number of benzene rings is 2. The maximum absolute atomic E-state index is 12.6. The van der Waals surface area contributed by atoms with Crippen LogP contribution in [-0.2, 0) is 9.47 Å². The highest BCUT2D eigenvalue weighted by atomic mass is 16.6. The number of nitro benzene ring substituents is 1. The monoisotopic (exact) mass is 416 g/mol. The molecule has 0 aliphatic carbocycles. The Morgan fingerprint density at radius 1 is 1.07 bits per heavy atom. The molecule has 160 valence electrons. The first-order chi connectivity index (χ1) is 14.6. The van der Waals surface area contributed by atoms with Gasteiger partial charge in [0, 0.05) is 25.2 Å². The lowest BCUT2D eigenvalue weighted by molar-refractivity contribution is -0.384. The second-order valence-electron chi connectivity index (χ2n) is 6.45.